The quantitative estimate of drug-likeness (QED) is 0.263. The van der Waals surface area contributed by atoms with Crippen molar-refractivity contribution in [3.05, 3.63) is 144 Å². The molecular weight excluding hydrogens is 502 g/mol. The van der Waals surface area contributed by atoms with Gasteiger partial charge in [0.1, 0.15) is 30.5 Å². The van der Waals surface area contributed by atoms with Crippen LogP contribution in [0.1, 0.15) is 22.3 Å². The Morgan fingerprint density at radius 2 is 0.700 bits per heavy atom. The molecule has 0 saturated heterocycles. The number of rotatable bonds is 12. The minimum Gasteiger partial charge on any atom is -0.389 e. The van der Waals surface area contributed by atoms with Crippen LogP contribution in [0.15, 0.2) is 121 Å². The Labute approximate surface area is 236 Å². The normalized spacial score (nSPS) is 24.6. The molecule has 5 rings (SSSR count). The van der Waals surface area contributed by atoms with Crippen molar-refractivity contribution in [3.8, 4) is 0 Å². The Bertz CT molecular complexity index is 1160. The first-order chi connectivity index (χ1) is 19.7. The fraction of sp³-hybridized carbons (Fsp3) is 0.294. The van der Waals surface area contributed by atoms with Crippen LogP contribution in [0.4, 0.5) is 0 Å². The van der Waals surface area contributed by atoms with E-state index in [1.165, 1.54) is 0 Å². The largest absolute Gasteiger partial charge is 0.389 e. The van der Waals surface area contributed by atoms with Crippen LogP contribution in [0.3, 0.4) is 0 Å². The van der Waals surface area contributed by atoms with Gasteiger partial charge in [-0.2, -0.15) is 0 Å². The average molecular weight is 540 g/mol. The van der Waals surface area contributed by atoms with Crippen molar-refractivity contribution < 1.29 is 24.1 Å². The highest BCUT2D eigenvalue weighted by atomic mass is 16.6. The molecule has 1 fully saturated rings. The topological polar surface area (TPSA) is 83.2 Å². The van der Waals surface area contributed by atoms with Gasteiger partial charge in [0, 0.05) is 0 Å². The van der Waals surface area contributed by atoms with Gasteiger partial charge in [-0.05, 0) is 22.3 Å². The van der Waals surface area contributed by atoms with E-state index >= 15 is 0 Å². The van der Waals surface area contributed by atoms with E-state index in [4.69, 9.17) is 24.7 Å². The summed E-state index contributed by atoms with van der Waals surface area (Å²) in [6.07, 6.45) is -3.61. The maximum Gasteiger partial charge on any atom is 0.115 e. The van der Waals surface area contributed by atoms with Crippen LogP contribution in [0.5, 0.6) is 0 Å². The molecule has 1 aliphatic rings. The van der Waals surface area contributed by atoms with Crippen molar-refractivity contribution >= 4 is 0 Å². The summed E-state index contributed by atoms with van der Waals surface area (Å²) in [7, 11) is 0. The Hall–Kier alpha value is -3.36. The Morgan fingerprint density at radius 1 is 0.425 bits per heavy atom. The molecule has 0 spiro atoms. The molecule has 0 aromatic heterocycles. The van der Waals surface area contributed by atoms with E-state index in [2.05, 4.69) is 0 Å². The molecular formula is C34H37NO5. The molecule has 6 nitrogen and oxygen atoms in total. The third-order valence-electron chi connectivity index (χ3n) is 7.22. The highest BCUT2D eigenvalue weighted by Crippen LogP contribution is 2.32. The highest BCUT2D eigenvalue weighted by molar-refractivity contribution is 5.17. The molecule has 1 aliphatic carbocycles. The zero-order valence-electron chi connectivity index (χ0n) is 22.5. The minimum absolute atomic E-state index is 0.307. The van der Waals surface area contributed by atoms with E-state index in [9.17, 15) is 5.11 Å². The molecule has 0 amide bonds. The lowest BCUT2D eigenvalue weighted by Gasteiger charge is -2.47. The molecule has 0 unspecified atom stereocenters. The van der Waals surface area contributed by atoms with Crippen LogP contribution in [0.2, 0.25) is 0 Å². The lowest BCUT2D eigenvalue weighted by molar-refractivity contribution is -0.247. The van der Waals surface area contributed by atoms with Crippen molar-refractivity contribution in [1.82, 2.24) is 0 Å². The third kappa shape index (κ3) is 7.43. The third-order valence-corrected chi connectivity index (χ3v) is 7.22. The predicted molar refractivity (Wildman–Crippen MR) is 154 cm³/mol. The van der Waals surface area contributed by atoms with Crippen LogP contribution < -0.4 is 5.73 Å². The summed E-state index contributed by atoms with van der Waals surface area (Å²) in [5.41, 5.74) is 10.7. The van der Waals surface area contributed by atoms with Crippen molar-refractivity contribution in [2.45, 2.75) is 63.0 Å². The highest BCUT2D eigenvalue weighted by Gasteiger charge is 2.52. The summed E-state index contributed by atoms with van der Waals surface area (Å²) in [5.74, 6) is 0. The summed E-state index contributed by atoms with van der Waals surface area (Å²) in [6, 6.07) is 38.9. The van der Waals surface area contributed by atoms with E-state index in [-0.39, 0.29) is 0 Å². The first-order valence-corrected chi connectivity index (χ1v) is 13.7. The maximum atomic E-state index is 11.5. The van der Waals surface area contributed by atoms with Gasteiger partial charge in [0.05, 0.1) is 32.5 Å². The first-order valence-electron chi connectivity index (χ1n) is 13.7. The Kier molecular flexibility index (Phi) is 10.1. The number of nitrogens with two attached hydrogens (primary N) is 1. The predicted octanol–water partition coefficient (Wildman–Crippen LogP) is 5.03. The molecule has 208 valence electrons. The summed E-state index contributed by atoms with van der Waals surface area (Å²) in [5, 5.41) is 11.5. The minimum atomic E-state index is -1.03. The molecule has 3 N–H and O–H groups in total. The summed E-state index contributed by atoms with van der Waals surface area (Å²) < 4.78 is 25.8. The molecule has 0 radical (unpaired) electrons. The van der Waals surface area contributed by atoms with Crippen LogP contribution in [0.25, 0.3) is 0 Å². The van der Waals surface area contributed by atoms with E-state index < -0.39 is 36.6 Å². The zero-order chi connectivity index (χ0) is 27.6. The standard InChI is InChI=1S/C34H37NO5/c35-29-30(36)32(38-22-26-15-7-2-8-16-26)34(40-24-28-19-11-4-12-20-28)33(39-23-27-17-9-3-10-18-27)31(29)37-21-25-13-5-1-6-14-25/h1-20,29-34,36H,21-24,35H2/t29-,30-,31-,32-,33+,34+/m0/s1. The van der Waals surface area contributed by atoms with Crippen LogP contribution >= 0.6 is 0 Å². The van der Waals surface area contributed by atoms with Gasteiger partial charge in [0.15, 0.2) is 0 Å². The van der Waals surface area contributed by atoms with Crippen molar-refractivity contribution in [2.75, 3.05) is 0 Å². The fourth-order valence-electron chi connectivity index (χ4n) is 5.05. The van der Waals surface area contributed by atoms with Crippen molar-refractivity contribution in [2.24, 2.45) is 5.73 Å². The summed E-state index contributed by atoms with van der Waals surface area (Å²) in [6.45, 7) is 1.31. The molecule has 4 aromatic rings. The van der Waals surface area contributed by atoms with Gasteiger partial charge in [-0.25, -0.2) is 0 Å². The van der Waals surface area contributed by atoms with Gasteiger partial charge in [-0.1, -0.05) is 121 Å². The molecule has 40 heavy (non-hydrogen) atoms. The van der Waals surface area contributed by atoms with Gasteiger partial charge in [0.25, 0.3) is 0 Å². The zero-order valence-corrected chi connectivity index (χ0v) is 22.5. The summed E-state index contributed by atoms with van der Waals surface area (Å²) >= 11 is 0. The molecule has 4 aromatic carbocycles. The van der Waals surface area contributed by atoms with Crippen molar-refractivity contribution in [1.29, 1.82) is 0 Å². The molecule has 6 atom stereocenters. The van der Waals surface area contributed by atoms with Gasteiger partial charge < -0.3 is 29.8 Å². The first kappa shape index (κ1) is 28.2. The molecule has 0 heterocycles. The van der Waals surface area contributed by atoms with Gasteiger partial charge >= 0.3 is 0 Å². The average Bonchev–Trinajstić information content (AvgIpc) is 3.01. The number of hydrogen-bond acceptors (Lipinski definition) is 6. The van der Waals surface area contributed by atoms with Crippen LogP contribution in [-0.4, -0.2) is 41.7 Å². The lowest BCUT2D eigenvalue weighted by atomic mass is 9.82. The second kappa shape index (κ2) is 14.3. The van der Waals surface area contributed by atoms with E-state index in [1.807, 2.05) is 121 Å². The lowest BCUT2D eigenvalue weighted by Crippen LogP contribution is -2.68. The Morgan fingerprint density at radius 3 is 1.05 bits per heavy atom. The molecule has 6 heteroatoms. The van der Waals surface area contributed by atoms with Crippen LogP contribution in [-0.2, 0) is 45.4 Å². The number of benzene rings is 4. The number of aliphatic hydroxyl groups excluding tert-OH is 1. The number of aliphatic hydroxyl groups is 1. The number of hydrogen-bond donors (Lipinski definition) is 2. The van der Waals surface area contributed by atoms with Crippen molar-refractivity contribution in [3.63, 3.8) is 0 Å². The monoisotopic (exact) mass is 539 g/mol. The second-order valence-corrected chi connectivity index (χ2v) is 10.1. The SMILES string of the molecule is N[C@H]1[C@H](O)[C@H](OCc2ccccc2)[C@@H](OCc2ccccc2)[C@H](OCc2ccccc2)[C@H]1OCc1ccccc1. The fourth-order valence-corrected chi connectivity index (χ4v) is 5.05. The molecule has 0 aliphatic heterocycles. The van der Waals surface area contributed by atoms with Gasteiger partial charge in [-0.15, -0.1) is 0 Å². The number of ether oxygens (including phenoxy) is 4. The summed E-state index contributed by atoms with van der Waals surface area (Å²) in [4.78, 5) is 0. The van der Waals surface area contributed by atoms with E-state index in [1.54, 1.807) is 0 Å². The van der Waals surface area contributed by atoms with Gasteiger partial charge in [0.2, 0.25) is 0 Å². The van der Waals surface area contributed by atoms with E-state index in [0.29, 0.717) is 26.4 Å². The Balaban J connectivity index is 1.42. The maximum absolute atomic E-state index is 11.5. The smallest absolute Gasteiger partial charge is 0.115 e. The molecule has 1 saturated carbocycles. The molecule has 0 bridgehead atoms. The van der Waals surface area contributed by atoms with E-state index in [0.717, 1.165) is 22.3 Å². The van der Waals surface area contributed by atoms with Gasteiger partial charge in [-0.3, -0.25) is 0 Å². The second-order valence-electron chi connectivity index (χ2n) is 10.1. The van der Waals surface area contributed by atoms with Crippen LogP contribution in [0, 0.1) is 0 Å².